The van der Waals surface area contributed by atoms with Gasteiger partial charge in [-0.2, -0.15) is 0 Å². The van der Waals surface area contributed by atoms with Crippen molar-refractivity contribution in [3.05, 3.63) is 95.1 Å². The van der Waals surface area contributed by atoms with Crippen LogP contribution in [0.4, 0.5) is 0 Å². The Labute approximate surface area is 165 Å². The fraction of sp³-hybridized carbons (Fsp3) is 0.259. The highest BCUT2D eigenvalue weighted by molar-refractivity contribution is 5.88. The largest absolute Gasteiger partial charge is 0.0776 e. The number of hydrogen-bond donors (Lipinski definition) is 0. The predicted molar refractivity (Wildman–Crippen MR) is 125 cm³/mol. The summed E-state index contributed by atoms with van der Waals surface area (Å²) in [5.41, 5.74) is 5.37. The van der Waals surface area contributed by atoms with E-state index in [1.165, 1.54) is 43.8 Å². The van der Waals surface area contributed by atoms with Crippen LogP contribution in [-0.2, 0) is 0 Å². The first-order valence-electron chi connectivity index (χ1n) is 9.46. The highest BCUT2D eigenvalue weighted by Gasteiger charge is 1.97. The van der Waals surface area contributed by atoms with Gasteiger partial charge in [0.1, 0.15) is 0 Å². The van der Waals surface area contributed by atoms with E-state index in [1.807, 2.05) is 13.8 Å². The maximum Gasteiger partial charge on any atom is -0.0152 e. The van der Waals surface area contributed by atoms with E-state index in [2.05, 4.69) is 100 Å². The second-order valence-electron chi connectivity index (χ2n) is 6.60. The lowest BCUT2D eigenvalue weighted by molar-refractivity contribution is 1.46. The van der Waals surface area contributed by atoms with E-state index in [0.717, 1.165) is 0 Å². The summed E-state index contributed by atoms with van der Waals surface area (Å²) in [6.07, 6.45) is 0. The van der Waals surface area contributed by atoms with E-state index in [1.54, 1.807) is 0 Å². The van der Waals surface area contributed by atoms with Gasteiger partial charge in [-0.3, -0.25) is 0 Å². The molecule has 0 radical (unpaired) electrons. The van der Waals surface area contributed by atoms with Crippen molar-refractivity contribution in [3.8, 4) is 0 Å². The van der Waals surface area contributed by atoms with E-state index in [0.29, 0.717) is 0 Å². The van der Waals surface area contributed by atoms with E-state index < -0.39 is 0 Å². The van der Waals surface area contributed by atoms with Crippen molar-refractivity contribution in [2.45, 2.75) is 49.0 Å². The van der Waals surface area contributed by atoms with Crippen LogP contribution in [0.1, 0.15) is 43.5 Å². The zero-order chi connectivity index (χ0) is 19.1. The fourth-order valence-electron chi connectivity index (χ4n) is 3.09. The molecule has 4 rings (SSSR count). The Balaban J connectivity index is 0.000000239. The van der Waals surface area contributed by atoms with Crippen LogP contribution in [0, 0.1) is 27.7 Å². The summed E-state index contributed by atoms with van der Waals surface area (Å²) in [7, 11) is 0. The van der Waals surface area contributed by atoms with E-state index in [4.69, 9.17) is 0 Å². The summed E-state index contributed by atoms with van der Waals surface area (Å²) < 4.78 is 0. The van der Waals surface area contributed by atoms with Crippen molar-refractivity contribution in [3.63, 3.8) is 0 Å². The van der Waals surface area contributed by atoms with Gasteiger partial charge in [-0.25, -0.2) is 0 Å². The molecule has 0 aliphatic carbocycles. The monoisotopic (exact) mass is 358 g/mol. The van der Waals surface area contributed by atoms with Gasteiger partial charge in [0.2, 0.25) is 0 Å². The summed E-state index contributed by atoms with van der Waals surface area (Å²) in [6.45, 7) is 12.6. The summed E-state index contributed by atoms with van der Waals surface area (Å²) in [5.74, 6) is 0. The fourth-order valence-corrected chi connectivity index (χ4v) is 3.09. The van der Waals surface area contributed by atoms with Crippen LogP contribution in [0.25, 0.3) is 21.5 Å². The van der Waals surface area contributed by atoms with E-state index in [-0.39, 0.29) is 7.43 Å². The molecular weight excluding hydrogens is 324 g/mol. The van der Waals surface area contributed by atoms with Gasteiger partial charge in [0, 0.05) is 0 Å². The van der Waals surface area contributed by atoms with Crippen LogP contribution in [0.3, 0.4) is 0 Å². The molecule has 0 atom stereocenters. The molecule has 0 aliphatic heterocycles. The molecule has 0 aromatic heterocycles. The molecule has 27 heavy (non-hydrogen) atoms. The zero-order valence-corrected chi connectivity index (χ0v) is 16.9. The van der Waals surface area contributed by atoms with Crippen molar-refractivity contribution in [1.82, 2.24) is 0 Å². The Morgan fingerprint density at radius 2 is 0.889 bits per heavy atom. The van der Waals surface area contributed by atoms with Crippen LogP contribution in [0.15, 0.2) is 72.8 Å². The standard InChI is InChI=1S/2C12H12.C2H6.CH4/c1-9-3-5-11-6-4-10(2)8-12(11)7-9;1-9-7-8-10(2)12-6-4-3-5-11(9)12;1-2;/h2*3-8H,1-2H3;1-2H3;1H4. The van der Waals surface area contributed by atoms with Crippen molar-refractivity contribution >= 4 is 21.5 Å². The second kappa shape index (κ2) is 10.5. The van der Waals surface area contributed by atoms with Gasteiger partial charge in [-0.15, -0.1) is 0 Å². The molecule has 0 aliphatic rings. The highest BCUT2D eigenvalue weighted by Crippen LogP contribution is 2.21. The van der Waals surface area contributed by atoms with Gasteiger partial charge in [-0.1, -0.05) is 105 Å². The molecule has 4 aromatic rings. The average Bonchev–Trinajstić information content (AvgIpc) is 2.67. The maximum atomic E-state index is 2.22. The number of hydrogen-bond acceptors (Lipinski definition) is 0. The highest BCUT2D eigenvalue weighted by atomic mass is 14.0. The quantitative estimate of drug-likeness (QED) is 0.295. The molecule has 0 fully saturated rings. The van der Waals surface area contributed by atoms with Crippen LogP contribution < -0.4 is 0 Å². The second-order valence-corrected chi connectivity index (χ2v) is 6.60. The first-order chi connectivity index (χ1) is 12.5. The third-order valence-corrected chi connectivity index (χ3v) is 4.51. The smallest absolute Gasteiger partial charge is 0.0152 e. The SMILES string of the molecule is C.CC.Cc1ccc(C)c2ccccc12.Cc1ccc2ccc(C)cc2c1. The predicted octanol–water partition coefficient (Wildman–Crippen LogP) is 8.58. The molecule has 0 nitrogen and oxygen atoms in total. The van der Waals surface area contributed by atoms with Gasteiger partial charge in [0.05, 0.1) is 0 Å². The van der Waals surface area contributed by atoms with E-state index >= 15 is 0 Å². The molecule has 0 heterocycles. The Morgan fingerprint density at radius 1 is 0.481 bits per heavy atom. The summed E-state index contributed by atoms with van der Waals surface area (Å²) in [4.78, 5) is 0. The van der Waals surface area contributed by atoms with Gasteiger partial charge >= 0.3 is 0 Å². The zero-order valence-electron chi connectivity index (χ0n) is 16.9. The van der Waals surface area contributed by atoms with Crippen LogP contribution in [0.5, 0.6) is 0 Å². The minimum atomic E-state index is 0. The number of aryl methyl sites for hydroxylation is 4. The van der Waals surface area contributed by atoms with Crippen molar-refractivity contribution in [2.24, 2.45) is 0 Å². The van der Waals surface area contributed by atoms with Gasteiger partial charge in [-0.05, 0) is 60.4 Å². The Bertz CT molecular complexity index is 916. The molecular formula is C27H34. The van der Waals surface area contributed by atoms with Crippen LogP contribution in [-0.4, -0.2) is 0 Å². The molecule has 0 amide bonds. The lowest BCUT2D eigenvalue weighted by Crippen LogP contribution is -1.80. The first kappa shape index (κ1) is 22.4. The molecule has 4 aromatic carbocycles. The molecule has 0 unspecified atom stereocenters. The Hall–Kier alpha value is -2.60. The van der Waals surface area contributed by atoms with Crippen molar-refractivity contribution in [2.75, 3.05) is 0 Å². The minimum Gasteiger partial charge on any atom is -0.0776 e. The third kappa shape index (κ3) is 5.69. The van der Waals surface area contributed by atoms with E-state index in [9.17, 15) is 0 Å². The molecule has 0 heteroatoms. The third-order valence-electron chi connectivity index (χ3n) is 4.51. The molecule has 0 saturated heterocycles. The molecule has 0 saturated carbocycles. The molecule has 0 bridgehead atoms. The van der Waals surface area contributed by atoms with Gasteiger partial charge < -0.3 is 0 Å². The van der Waals surface area contributed by atoms with Crippen molar-refractivity contribution in [1.29, 1.82) is 0 Å². The number of fused-ring (bicyclic) bond motifs is 2. The molecule has 0 N–H and O–H groups in total. The Morgan fingerprint density at radius 3 is 1.30 bits per heavy atom. The number of benzene rings is 4. The lowest BCUT2D eigenvalue weighted by Gasteiger charge is -2.03. The normalized spacial score (nSPS) is 9.56. The maximum absolute atomic E-state index is 2.22. The van der Waals surface area contributed by atoms with Gasteiger partial charge in [0.15, 0.2) is 0 Å². The summed E-state index contributed by atoms with van der Waals surface area (Å²) in [6, 6.07) is 26.0. The minimum absolute atomic E-state index is 0. The van der Waals surface area contributed by atoms with Crippen LogP contribution >= 0.6 is 0 Å². The number of rotatable bonds is 0. The van der Waals surface area contributed by atoms with Crippen molar-refractivity contribution < 1.29 is 0 Å². The first-order valence-corrected chi connectivity index (χ1v) is 9.46. The Kier molecular flexibility index (Phi) is 8.75. The topological polar surface area (TPSA) is 0 Å². The molecule has 0 spiro atoms. The summed E-state index contributed by atoms with van der Waals surface area (Å²) in [5, 5.41) is 5.41. The molecule has 142 valence electrons. The van der Waals surface area contributed by atoms with Gasteiger partial charge in [0.25, 0.3) is 0 Å². The average molecular weight is 359 g/mol. The lowest BCUT2D eigenvalue weighted by atomic mass is 10.0. The van der Waals surface area contributed by atoms with Crippen LogP contribution in [0.2, 0.25) is 0 Å². The summed E-state index contributed by atoms with van der Waals surface area (Å²) >= 11 is 0.